The Morgan fingerprint density at radius 1 is 0.912 bits per heavy atom. The minimum atomic E-state index is -0.414. The molecule has 2 aliphatic heterocycles. The number of carbonyl (C=O) groups is 2. The fraction of sp³-hybridized carbons (Fsp3) is 0.517. The Kier molecular flexibility index (Phi) is 7.13. The highest BCUT2D eigenvalue weighted by atomic mass is 16.2. The van der Waals surface area contributed by atoms with Crippen LogP contribution in [0.3, 0.4) is 0 Å². The third-order valence-electron chi connectivity index (χ3n) is 7.47. The van der Waals surface area contributed by atoms with Crippen molar-refractivity contribution in [2.45, 2.75) is 47.1 Å². The van der Waals surface area contributed by atoms with Crippen LogP contribution < -0.4 is 5.32 Å². The average molecular weight is 462 g/mol. The number of hydrogen-bond donors (Lipinski definition) is 1. The minimum Gasteiger partial charge on any atom is -0.349 e. The zero-order chi connectivity index (χ0) is 24.5. The molecule has 0 aliphatic carbocycles. The molecule has 0 spiro atoms. The van der Waals surface area contributed by atoms with Crippen molar-refractivity contribution in [2.24, 2.45) is 17.3 Å². The number of hydrogen-bond acceptors (Lipinski definition) is 3. The van der Waals surface area contributed by atoms with Crippen molar-refractivity contribution in [1.82, 2.24) is 15.1 Å². The summed E-state index contributed by atoms with van der Waals surface area (Å²) in [5, 5.41) is 3.28. The quantitative estimate of drug-likeness (QED) is 0.684. The maximum Gasteiger partial charge on any atom is 0.254 e. The number of aryl methyl sites for hydroxylation is 2. The van der Waals surface area contributed by atoms with Crippen LogP contribution in [0.4, 0.5) is 0 Å². The van der Waals surface area contributed by atoms with Crippen LogP contribution in [-0.2, 0) is 4.79 Å². The van der Waals surface area contributed by atoms with Crippen molar-refractivity contribution in [3.63, 3.8) is 0 Å². The van der Waals surface area contributed by atoms with Crippen molar-refractivity contribution >= 4 is 11.8 Å². The largest absolute Gasteiger partial charge is 0.349 e. The van der Waals surface area contributed by atoms with E-state index in [-0.39, 0.29) is 17.9 Å². The van der Waals surface area contributed by atoms with E-state index in [4.69, 9.17) is 0 Å². The first-order chi connectivity index (χ1) is 16.1. The van der Waals surface area contributed by atoms with Crippen molar-refractivity contribution in [3.05, 3.63) is 70.8 Å². The van der Waals surface area contributed by atoms with Crippen molar-refractivity contribution < 1.29 is 9.59 Å². The zero-order valence-corrected chi connectivity index (χ0v) is 21.3. The van der Waals surface area contributed by atoms with Gasteiger partial charge in [0.05, 0.1) is 6.04 Å². The van der Waals surface area contributed by atoms with E-state index in [1.807, 2.05) is 71.0 Å². The van der Waals surface area contributed by atoms with Gasteiger partial charge in [0.1, 0.15) is 0 Å². The monoisotopic (exact) mass is 461 g/mol. The topological polar surface area (TPSA) is 52.7 Å². The van der Waals surface area contributed by atoms with Crippen LogP contribution in [0.15, 0.2) is 48.5 Å². The normalized spacial score (nSPS) is 21.4. The van der Waals surface area contributed by atoms with Crippen LogP contribution in [0, 0.1) is 31.1 Å². The Balaban J connectivity index is 1.34. The first-order valence-electron chi connectivity index (χ1n) is 12.6. The second-order valence-corrected chi connectivity index (χ2v) is 11.2. The second-order valence-electron chi connectivity index (χ2n) is 11.2. The first kappa shape index (κ1) is 24.5. The summed E-state index contributed by atoms with van der Waals surface area (Å²) in [7, 11) is 0. The highest BCUT2D eigenvalue weighted by Gasteiger charge is 2.42. The van der Waals surface area contributed by atoms with Gasteiger partial charge in [-0.1, -0.05) is 69.3 Å². The molecule has 2 amide bonds. The van der Waals surface area contributed by atoms with Gasteiger partial charge >= 0.3 is 0 Å². The van der Waals surface area contributed by atoms with Crippen LogP contribution in [0.2, 0.25) is 0 Å². The van der Waals surface area contributed by atoms with Gasteiger partial charge in [-0.3, -0.25) is 9.59 Å². The highest BCUT2D eigenvalue weighted by molar-refractivity contribution is 5.97. The van der Waals surface area contributed by atoms with Crippen LogP contribution in [-0.4, -0.2) is 54.3 Å². The molecule has 3 atom stereocenters. The summed E-state index contributed by atoms with van der Waals surface area (Å²) < 4.78 is 0. The number of nitrogens with one attached hydrogen (secondary N) is 1. The van der Waals surface area contributed by atoms with E-state index in [0.29, 0.717) is 11.8 Å². The Morgan fingerprint density at radius 2 is 1.50 bits per heavy atom. The van der Waals surface area contributed by atoms with Gasteiger partial charge in [0.2, 0.25) is 5.91 Å². The molecule has 2 aliphatic rings. The van der Waals surface area contributed by atoms with Gasteiger partial charge < -0.3 is 15.1 Å². The Bertz CT molecular complexity index is 993. The molecule has 34 heavy (non-hydrogen) atoms. The van der Waals surface area contributed by atoms with E-state index in [2.05, 4.69) is 27.2 Å². The lowest BCUT2D eigenvalue weighted by Crippen LogP contribution is -2.39. The van der Waals surface area contributed by atoms with Gasteiger partial charge in [-0.05, 0) is 48.8 Å². The lowest BCUT2D eigenvalue weighted by Gasteiger charge is -2.27. The molecule has 0 bridgehead atoms. The Morgan fingerprint density at radius 3 is 2.06 bits per heavy atom. The van der Waals surface area contributed by atoms with E-state index in [1.165, 1.54) is 0 Å². The predicted octanol–water partition coefficient (Wildman–Crippen LogP) is 4.60. The number of likely N-dealkylation sites (tertiary alicyclic amines) is 2. The molecule has 5 heteroatoms. The molecular formula is C29H39N3O2. The molecule has 0 saturated carbocycles. The molecule has 2 unspecified atom stereocenters. The molecule has 2 aromatic rings. The summed E-state index contributed by atoms with van der Waals surface area (Å²) in [5.41, 5.74) is 3.74. The van der Waals surface area contributed by atoms with E-state index in [1.54, 1.807) is 0 Å². The van der Waals surface area contributed by atoms with Gasteiger partial charge in [-0.2, -0.15) is 0 Å². The smallest absolute Gasteiger partial charge is 0.254 e. The van der Waals surface area contributed by atoms with Crippen molar-refractivity contribution in [1.29, 1.82) is 0 Å². The van der Waals surface area contributed by atoms with Gasteiger partial charge in [0.25, 0.3) is 5.91 Å². The van der Waals surface area contributed by atoms with Crippen LogP contribution in [0.5, 0.6) is 0 Å². The van der Waals surface area contributed by atoms with E-state index < -0.39 is 5.41 Å². The summed E-state index contributed by atoms with van der Waals surface area (Å²) in [6, 6.07) is 16.4. The molecule has 2 fully saturated rings. The molecule has 2 heterocycles. The maximum absolute atomic E-state index is 13.2. The molecule has 0 aromatic heterocycles. The number of nitrogens with zero attached hydrogens (tertiary/aromatic N) is 2. The fourth-order valence-electron chi connectivity index (χ4n) is 5.44. The van der Waals surface area contributed by atoms with E-state index in [9.17, 15) is 9.59 Å². The lowest BCUT2D eigenvalue weighted by atomic mass is 9.94. The number of benzene rings is 2. The fourth-order valence-corrected chi connectivity index (χ4v) is 5.44. The lowest BCUT2D eigenvalue weighted by molar-refractivity contribution is -0.129. The summed E-state index contributed by atoms with van der Waals surface area (Å²) in [5.74, 6) is 1.34. The third kappa shape index (κ3) is 5.35. The molecule has 2 saturated heterocycles. The molecule has 0 radical (unpaired) electrons. The summed E-state index contributed by atoms with van der Waals surface area (Å²) in [6.45, 7) is 14.6. The first-order valence-corrected chi connectivity index (χ1v) is 12.6. The standard InChI is InChI=1S/C29H39N3O2/c1-20-10-9-11-21(2)26(20)27(33)32-18-23-16-31(17-24(23)19-32)15-14-25(22-12-7-6-8-13-22)30-28(34)29(3,4)5/h6-13,23-25H,14-19H2,1-5H3,(H,30,34)/t23?,24?,25-/m0/s1. The molecule has 4 rings (SSSR count). The third-order valence-corrected chi connectivity index (χ3v) is 7.47. The predicted molar refractivity (Wildman–Crippen MR) is 137 cm³/mol. The number of rotatable bonds is 6. The zero-order valence-electron chi connectivity index (χ0n) is 21.3. The molecular weight excluding hydrogens is 422 g/mol. The summed E-state index contributed by atoms with van der Waals surface area (Å²) in [6.07, 6.45) is 0.885. The van der Waals surface area contributed by atoms with E-state index >= 15 is 0 Å². The van der Waals surface area contributed by atoms with Gasteiger partial charge in [-0.15, -0.1) is 0 Å². The summed E-state index contributed by atoms with van der Waals surface area (Å²) in [4.78, 5) is 30.5. The Hall–Kier alpha value is -2.66. The second kappa shape index (κ2) is 9.91. The van der Waals surface area contributed by atoms with Gasteiger partial charge in [-0.25, -0.2) is 0 Å². The number of fused-ring (bicyclic) bond motifs is 1. The average Bonchev–Trinajstić information content (AvgIpc) is 3.35. The van der Waals surface area contributed by atoms with E-state index in [0.717, 1.165) is 61.4 Å². The SMILES string of the molecule is Cc1cccc(C)c1C(=O)N1CC2CN(CC[C@H](NC(=O)C(C)(C)C)c3ccccc3)CC2C1. The maximum atomic E-state index is 13.2. The Labute approximate surface area is 204 Å². The van der Waals surface area contributed by atoms with Gasteiger partial charge in [0.15, 0.2) is 0 Å². The molecule has 5 nitrogen and oxygen atoms in total. The van der Waals surface area contributed by atoms with Gasteiger partial charge in [0, 0.05) is 43.7 Å². The van der Waals surface area contributed by atoms with Crippen LogP contribution in [0.1, 0.15) is 60.3 Å². The minimum absolute atomic E-state index is 0.00970. The molecule has 2 aromatic carbocycles. The van der Waals surface area contributed by atoms with Crippen LogP contribution in [0.25, 0.3) is 0 Å². The number of carbonyl (C=O) groups excluding carboxylic acids is 2. The van der Waals surface area contributed by atoms with Crippen LogP contribution >= 0.6 is 0 Å². The highest BCUT2D eigenvalue weighted by Crippen LogP contribution is 2.33. The van der Waals surface area contributed by atoms with Crippen molar-refractivity contribution in [2.75, 3.05) is 32.7 Å². The number of amides is 2. The van der Waals surface area contributed by atoms with Crippen molar-refractivity contribution in [3.8, 4) is 0 Å². The molecule has 1 N–H and O–H groups in total. The summed E-state index contributed by atoms with van der Waals surface area (Å²) >= 11 is 0. The molecule has 182 valence electrons.